The highest BCUT2D eigenvalue weighted by Crippen LogP contribution is 2.29. The summed E-state index contributed by atoms with van der Waals surface area (Å²) in [6.45, 7) is 1.91. The fourth-order valence-corrected chi connectivity index (χ4v) is 3.22. The third-order valence-corrected chi connectivity index (χ3v) is 4.47. The van der Waals surface area contributed by atoms with E-state index < -0.39 is 0 Å². The third-order valence-electron chi connectivity index (χ3n) is 4.47. The van der Waals surface area contributed by atoms with Crippen molar-refractivity contribution >= 4 is 0 Å². The molecule has 3 rings (SSSR count). The number of methoxy groups -OCH3 is 1. The monoisotopic (exact) mass is 279 g/mol. The Morgan fingerprint density at radius 1 is 1.10 bits per heavy atom. The minimum Gasteiger partial charge on any atom is -0.488 e. The molecule has 0 spiro atoms. The van der Waals surface area contributed by atoms with Crippen LogP contribution in [0.1, 0.15) is 25.7 Å². The topological polar surface area (TPSA) is 21.7 Å². The quantitative estimate of drug-likeness (QED) is 0.846. The molecule has 1 aromatic rings. The molecule has 3 nitrogen and oxygen atoms in total. The molecule has 0 amide bonds. The number of benzene rings is 1. The molecule has 2 aliphatic rings. The predicted octanol–water partition coefficient (Wildman–Crippen LogP) is 2.85. The van der Waals surface area contributed by atoms with Crippen molar-refractivity contribution in [1.82, 2.24) is 4.90 Å². The van der Waals surface area contributed by atoms with Gasteiger partial charge < -0.3 is 9.47 Å². The van der Waals surface area contributed by atoms with Crippen LogP contribution in [0.3, 0.4) is 0 Å². The molecule has 0 radical (unpaired) electrons. The van der Waals surface area contributed by atoms with Crippen molar-refractivity contribution in [2.24, 2.45) is 0 Å². The highest BCUT2D eigenvalue weighted by Gasteiger charge is 2.35. The van der Waals surface area contributed by atoms with Crippen molar-refractivity contribution in [3.63, 3.8) is 0 Å². The molecule has 1 aromatic carbocycles. The second-order valence-electron chi connectivity index (χ2n) is 5.82. The molecule has 1 heterocycles. The van der Waals surface area contributed by atoms with Crippen LogP contribution in [0.2, 0.25) is 0 Å². The van der Waals surface area contributed by atoms with Crippen LogP contribution >= 0.6 is 0 Å². The summed E-state index contributed by atoms with van der Waals surface area (Å²) in [7, 11) is 1.80. The number of halogens is 1. The first-order valence-electron chi connectivity index (χ1n) is 7.43. The molecule has 1 saturated heterocycles. The van der Waals surface area contributed by atoms with Crippen molar-refractivity contribution in [3.05, 3.63) is 30.1 Å². The molecule has 0 bridgehead atoms. The average molecular weight is 279 g/mol. The van der Waals surface area contributed by atoms with Gasteiger partial charge in [-0.1, -0.05) is 6.07 Å². The van der Waals surface area contributed by atoms with Crippen molar-refractivity contribution in [2.45, 2.75) is 43.9 Å². The largest absolute Gasteiger partial charge is 0.488 e. The molecule has 20 heavy (non-hydrogen) atoms. The second kappa shape index (κ2) is 6.10. The van der Waals surface area contributed by atoms with Gasteiger partial charge in [0.15, 0.2) is 0 Å². The van der Waals surface area contributed by atoms with E-state index in [9.17, 15) is 4.39 Å². The molecule has 0 N–H and O–H groups in total. The molecule has 0 unspecified atom stereocenters. The Balaban J connectivity index is 1.43. The normalized spacial score (nSPS) is 28.1. The first-order valence-corrected chi connectivity index (χ1v) is 7.43. The van der Waals surface area contributed by atoms with Crippen molar-refractivity contribution < 1.29 is 13.9 Å². The Labute approximate surface area is 119 Å². The van der Waals surface area contributed by atoms with Gasteiger partial charge in [0, 0.05) is 32.3 Å². The highest BCUT2D eigenvalue weighted by atomic mass is 19.1. The fraction of sp³-hybridized carbons (Fsp3) is 0.625. The maximum absolute atomic E-state index is 13.1. The lowest BCUT2D eigenvalue weighted by Gasteiger charge is -2.46. The van der Waals surface area contributed by atoms with Gasteiger partial charge in [-0.05, 0) is 37.8 Å². The number of hydrogen-bond donors (Lipinski definition) is 0. The number of nitrogens with zero attached hydrogens (tertiary/aromatic N) is 1. The molecule has 4 heteroatoms. The summed E-state index contributed by atoms with van der Waals surface area (Å²) in [4.78, 5) is 2.48. The molecule has 1 saturated carbocycles. The Bertz CT molecular complexity index is 440. The van der Waals surface area contributed by atoms with Crippen LogP contribution < -0.4 is 4.74 Å². The van der Waals surface area contributed by atoms with E-state index in [0.29, 0.717) is 17.9 Å². The predicted molar refractivity (Wildman–Crippen MR) is 75.4 cm³/mol. The zero-order valence-corrected chi connectivity index (χ0v) is 11.9. The molecule has 2 fully saturated rings. The lowest BCUT2D eigenvalue weighted by Crippen LogP contribution is -2.58. The van der Waals surface area contributed by atoms with Gasteiger partial charge in [0.1, 0.15) is 17.7 Å². The van der Waals surface area contributed by atoms with E-state index in [1.807, 2.05) is 6.07 Å². The highest BCUT2D eigenvalue weighted by molar-refractivity contribution is 5.23. The summed E-state index contributed by atoms with van der Waals surface area (Å²) in [6, 6.07) is 7.07. The number of ether oxygens (including phenoxy) is 2. The summed E-state index contributed by atoms with van der Waals surface area (Å²) in [6.07, 6.45) is 5.40. The maximum Gasteiger partial charge on any atom is 0.126 e. The van der Waals surface area contributed by atoms with Gasteiger partial charge in [0.05, 0.1) is 6.10 Å². The summed E-state index contributed by atoms with van der Waals surface area (Å²) in [5.41, 5.74) is 0. The van der Waals surface area contributed by atoms with Gasteiger partial charge >= 0.3 is 0 Å². The van der Waals surface area contributed by atoms with Crippen molar-refractivity contribution in [1.29, 1.82) is 0 Å². The molecule has 1 aliphatic heterocycles. The minimum absolute atomic E-state index is 0.206. The molecule has 1 aliphatic carbocycles. The number of rotatable bonds is 4. The Morgan fingerprint density at radius 2 is 1.85 bits per heavy atom. The zero-order valence-electron chi connectivity index (χ0n) is 11.9. The SMILES string of the molecule is COC1CCC(N2CC(Oc3cccc(F)c3)C2)CC1. The second-order valence-corrected chi connectivity index (χ2v) is 5.82. The van der Waals surface area contributed by atoms with Gasteiger partial charge in [-0.15, -0.1) is 0 Å². The lowest BCUT2D eigenvalue weighted by molar-refractivity contribution is -0.0357. The lowest BCUT2D eigenvalue weighted by atomic mass is 9.90. The molecular formula is C16H22FNO2. The van der Waals surface area contributed by atoms with Crippen molar-refractivity contribution in [2.75, 3.05) is 20.2 Å². The molecule has 110 valence electrons. The van der Waals surface area contributed by atoms with Gasteiger partial charge in [-0.25, -0.2) is 4.39 Å². The summed E-state index contributed by atoms with van der Waals surface area (Å²) >= 11 is 0. The van der Waals surface area contributed by atoms with E-state index in [1.54, 1.807) is 13.2 Å². The number of hydrogen-bond acceptors (Lipinski definition) is 3. The van der Waals surface area contributed by atoms with E-state index in [2.05, 4.69) is 4.90 Å². The molecule has 0 atom stereocenters. The van der Waals surface area contributed by atoms with Crippen LogP contribution in [-0.2, 0) is 4.74 Å². The van der Waals surface area contributed by atoms with Gasteiger partial charge in [-0.3, -0.25) is 4.90 Å². The van der Waals surface area contributed by atoms with Gasteiger partial charge in [0.2, 0.25) is 0 Å². The van der Waals surface area contributed by atoms with E-state index in [0.717, 1.165) is 25.9 Å². The summed E-state index contributed by atoms with van der Waals surface area (Å²) in [5.74, 6) is 0.398. The van der Waals surface area contributed by atoms with Gasteiger partial charge in [-0.2, -0.15) is 0 Å². The standard InChI is InChI=1S/C16H22FNO2/c1-19-14-7-5-13(6-8-14)18-10-16(11-18)20-15-4-2-3-12(17)9-15/h2-4,9,13-14,16H,5-8,10-11H2,1H3. The smallest absolute Gasteiger partial charge is 0.126 e. The van der Waals surface area contributed by atoms with Crippen molar-refractivity contribution in [3.8, 4) is 5.75 Å². The number of likely N-dealkylation sites (tertiary alicyclic amines) is 1. The van der Waals surface area contributed by atoms with Crippen LogP contribution in [0.15, 0.2) is 24.3 Å². The average Bonchev–Trinajstić information content (AvgIpc) is 2.43. The fourth-order valence-electron chi connectivity index (χ4n) is 3.22. The van der Waals surface area contributed by atoms with Gasteiger partial charge in [0.25, 0.3) is 0 Å². The Hall–Kier alpha value is -1.13. The van der Waals surface area contributed by atoms with Crippen LogP contribution in [0, 0.1) is 5.82 Å². The van der Waals surface area contributed by atoms with E-state index in [4.69, 9.17) is 9.47 Å². The third kappa shape index (κ3) is 3.13. The first-order chi connectivity index (χ1) is 9.74. The molecular weight excluding hydrogens is 257 g/mol. The Morgan fingerprint density at radius 3 is 2.50 bits per heavy atom. The van der Waals surface area contributed by atoms with Crippen LogP contribution in [0.4, 0.5) is 4.39 Å². The maximum atomic E-state index is 13.1. The summed E-state index contributed by atoms with van der Waals surface area (Å²) in [5, 5.41) is 0. The van der Waals surface area contributed by atoms with E-state index >= 15 is 0 Å². The summed E-state index contributed by atoms with van der Waals surface area (Å²) < 4.78 is 24.3. The first kappa shape index (κ1) is 13.8. The van der Waals surface area contributed by atoms with Crippen LogP contribution in [0.5, 0.6) is 5.75 Å². The van der Waals surface area contributed by atoms with Crippen LogP contribution in [-0.4, -0.2) is 43.3 Å². The van der Waals surface area contributed by atoms with E-state index in [1.165, 1.54) is 25.0 Å². The molecule has 0 aromatic heterocycles. The van der Waals surface area contributed by atoms with Crippen LogP contribution in [0.25, 0.3) is 0 Å². The van der Waals surface area contributed by atoms with E-state index in [-0.39, 0.29) is 11.9 Å². The minimum atomic E-state index is -0.239. The zero-order chi connectivity index (χ0) is 13.9. The Kier molecular flexibility index (Phi) is 4.22.